The molecule has 0 amide bonds. The van der Waals surface area contributed by atoms with Gasteiger partial charge in [0.05, 0.1) is 5.71 Å². The Bertz CT molecular complexity index is 136. The summed E-state index contributed by atoms with van der Waals surface area (Å²) >= 11 is 0. The van der Waals surface area contributed by atoms with Gasteiger partial charge in [-0.2, -0.15) is 0 Å². The molecule has 2 heteroatoms. The van der Waals surface area contributed by atoms with Crippen LogP contribution in [0.2, 0.25) is 0 Å². The van der Waals surface area contributed by atoms with Crippen LogP contribution in [0, 0.1) is 5.92 Å². The summed E-state index contributed by atoms with van der Waals surface area (Å²) in [5, 5.41) is 12.0. The molecule has 1 fully saturated rings. The van der Waals surface area contributed by atoms with Crippen LogP contribution in [0.25, 0.3) is 0 Å². The van der Waals surface area contributed by atoms with Gasteiger partial charge in [0.1, 0.15) is 0 Å². The third-order valence-electron chi connectivity index (χ3n) is 2.57. The molecule has 0 heterocycles. The van der Waals surface area contributed by atoms with Gasteiger partial charge in [0, 0.05) is 5.92 Å². The van der Waals surface area contributed by atoms with E-state index in [2.05, 4.69) is 12.1 Å². The average Bonchev–Trinajstić information content (AvgIpc) is 2.09. The smallest absolute Gasteiger partial charge is 0.0598 e. The van der Waals surface area contributed by atoms with Crippen LogP contribution < -0.4 is 0 Å². The van der Waals surface area contributed by atoms with Crippen LogP contribution in [-0.4, -0.2) is 10.9 Å². The SMILES string of the molecule is CC/C(=N\O)C1CCCCC1. The Morgan fingerprint density at radius 1 is 1.36 bits per heavy atom. The number of hydrogen-bond donors (Lipinski definition) is 1. The Morgan fingerprint density at radius 2 is 2.00 bits per heavy atom. The zero-order valence-corrected chi connectivity index (χ0v) is 7.21. The van der Waals surface area contributed by atoms with Gasteiger partial charge in [-0.05, 0) is 19.3 Å². The molecule has 0 aromatic rings. The van der Waals surface area contributed by atoms with E-state index < -0.39 is 0 Å². The van der Waals surface area contributed by atoms with Crippen molar-refractivity contribution in [2.45, 2.75) is 45.4 Å². The monoisotopic (exact) mass is 155 g/mol. The highest BCUT2D eigenvalue weighted by molar-refractivity contribution is 5.85. The van der Waals surface area contributed by atoms with Gasteiger partial charge in [-0.15, -0.1) is 0 Å². The van der Waals surface area contributed by atoms with Crippen LogP contribution in [0.1, 0.15) is 45.4 Å². The van der Waals surface area contributed by atoms with E-state index in [1.165, 1.54) is 32.1 Å². The van der Waals surface area contributed by atoms with Crippen molar-refractivity contribution in [3.8, 4) is 0 Å². The molecule has 1 saturated carbocycles. The molecule has 11 heavy (non-hydrogen) atoms. The lowest BCUT2D eigenvalue weighted by atomic mass is 9.85. The van der Waals surface area contributed by atoms with E-state index in [1.807, 2.05) is 0 Å². The van der Waals surface area contributed by atoms with Crippen molar-refractivity contribution in [3.05, 3.63) is 0 Å². The van der Waals surface area contributed by atoms with E-state index in [0.29, 0.717) is 5.92 Å². The fourth-order valence-corrected chi connectivity index (χ4v) is 1.88. The molecule has 1 rings (SSSR count). The van der Waals surface area contributed by atoms with Crippen molar-refractivity contribution in [1.82, 2.24) is 0 Å². The first-order valence-electron chi connectivity index (χ1n) is 4.59. The van der Waals surface area contributed by atoms with Crippen molar-refractivity contribution in [1.29, 1.82) is 0 Å². The summed E-state index contributed by atoms with van der Waals surface area (Å²) in [7, 11) is 0. The molecule has 0 atom stereocenters. The van der Waals surface area contributed by atoms with Gasteiger partial charge in [0.15, 0.2) is 0 Å². The van der Waals surface area contributed by atoms with Gasteiger partial charge in [0.25, 0.3) is 0 Å². The van der Waals surface area contributed by atoms with E-state index in [9.17, 15) is 0 Å². The first-order chi connectivity index (χ1) is 5.38. The van der Waals surface area contributed by atoms with Crippen molar-refractivity contribution >= 4 is 5.71 Å². The predicted molar refractivity (Wildman–Crippen MR) is 46.1 cm³/mol. The van der Waals surface area contributed by atoms with Crippen LogP contribution in [-0.2, 0) is 0 Å². The highest BCUT2D eigenvalue weighted by Gasteiger charge is 2.17. The molecular formula is C9H17NO. The molecule has 0 bridgehead atoms. The molecule has 0 saturated heterocycles. The van der Waals surface area contributed by atoms with Crippen molar-refractivity contribution in [2.75, 3.05) is 0 Å². The highest BCUT2D eigenvalue weighted by atomic mass is 16.4. The Kier molecular flexibility index (Phi) is 3.40. The molecule has 0 aromatic heterocycles. The normalized spacial score (nSPS) is 22.1. The number of rotatable bonds is 2. The first-order valence-corrected chi connectivity index (χ1v) is 4.59. The first kappa shape index (κ1) is 8.57. The summed E-state index contributed by atoms with van der Waals surface area (Å²) in [6, 6.07) is 0. The summed E-state index contributed by atoms with van der Waals surface area (Å²) in [5.74, 6) is 0.582. The fourth-order valence-electron chi connectivity index (χ4n) is 1.88. The fraction of sp³-hybridized carbons (Fsp3) is 0.889. The Morgan fingerprint density at radius 3 is 2.45 bits per heavy atom. The lowest BCUT2D eigenvalue weighted by Gasteiger charge is -2.21. The van der Waals surface area contributed by atoms with Gasteiger partial charge in [-0.3, -0.25) is 0 Å². The Balaban J connectivity index is 2.43. The Hall–Kier alpha value is -0.530. The zero-order valence-electron chi connectivity index (χ0n) is 7.21. The van der Waals surface area contributed by atoms with Crippen molar-refractivity contribution < 1.29 is 5.21 Å². The van der Waals surface area contributed by atoms with Crippen LogP contribution in [0.4, 0.5) is 0 Å². The molecule has 64 valence electrons. The van der Waals surface area contributed by atoms with E-state index in [-0.39, 0.29) is 0 Å². The summed E-state index contributed by atoms with van der Waals surface area (Å²) in [4.78, 5) is 0. The third-order valence-corrected chi connectivity index (χ3v) is 2.57. The third kappa shape index (κ3) is 2.21. The van der Waals surface area contributed by atoms with Crippen LogP contribution in [0.3, 0.4) is 0 Å². The average molecular weight is 155 g/mol. The lowest BCUT2D eigenvalue weighted by Crippen LogP contribution is -2.16. The van der Waals surface area contributed by atoms with Crippen LogP contribution in [0.5, 0.6) is 0 Å². The number of oxime groups is 1. The number of nitrogens with zero attached hydrogens (tertiary/aromatic N) is 1. The van der Waals surface area contributed by atoms with E-state index in [4.69, 9.17) is 5.21 Å². The van der Waals surface area contributed by atoms with E-state index in [0.717, 1.165) is 12.1 Å². The standard InChI is InChI=1S/C9H17NO/c1-2-9(10-11)8-6-4-3-5-7-8/h8,11H,2-7H2,1H3/b10-9+. The molecule has 1 N–H and O–H groups in total. The van der Waals surface area contributed by atoms with Gasteiger partial charge in [0.2, 0.25) is 0 Å². The lowest BCUT2D eigenvalue weighted by molar-refractivity contribution is 0.308. The van der Waals surface area contributed by atoms with Crippen LogP contribution >= 0.6 is 0 Å². The second kappa shape index (κ2) is 4.37. The van der Waals surface area contributed by atoms with Gasteiger partial charge in [-0.1, -0.05) is 31.3 Å². The van der Waals surface area contributed by atoms with E-state index >= 15 is 0 Å². The maximum absolute atomic E-state index is 8.67. The second-order valence-electron chi connectivity index (χ2n) is 3.28. The summed E-state index contributed by atoms with van der Waals surface area (Å²) < 4.78 is 0. The maximum Gasteiger partial charge on any atom is 0.0598 e. The minimum atomic E-state index is 0.582. The predicted octanol–water partition coefficient (Wildman–Crippen LogP) is 2.81. The molecule has 0 radical (unpaired) electrons. The molecule has 0 unspecified atom stereocenters. The zero-order chi connectivity index (χ0) is 8.10. The number of hydrogen-bond acceptors (Lipinski definition) is 2. The molecule has 0 aliphatic heterocycles. The maximum atomic E-state index is 8.67. The minimum absolute atomic E-state index is 0.582. The molecule has 1 aliphatic rings. The molecule has 1 aliphatic carbocycles. The van der Waals surface area contributed by atoms with Gasteiger partial charge in [-0.25, -0.2) is 0 Å². The van der Waals surface area contributed by atoms with Gasteiger partial charge < -0.3 is 5.21 Å². The molecular weight excluding hydrogens is 138 g/mol. The summed E-state index contributed by atoms with van der Waals surface area (Å²) in [6.45, 7) is 2.06. The molecule has 2 nitrogen and oxygen atoms in total. The van der Waals surface area contributed by atoms with E-state index in [1.54, 1.807) is 0 Å². The van der Waals surface area contributed by atoms with Crippen LogP contribution in [0.15, 0.2) is 5.16 Å². The van der Waals surface area contributed by atoms with Crippen molar-refractivity contribution in [2.24, 2.45) is 11.1 Å². The molecule has 0 aromatic carbocycles. The quantitative estimate of drug-likeness (QED) is 0.371. The van der Waals surface area contributed by atoms with Gasteiger partial charge >= 0.3 is 0 Å². The Labute approximate surface area is 68.3 Å². The second-order valence-corrected chi connectivity index (χ2v) is 3.28. The van der Waals surface area contributed by atoms with Crippen molar-refractivity contribution in [3.63, 3.8) is 0 Å². The topological polar surface area (TPSA) is 32.6 Å². The summed E-state index contributed by atoms with van der Waals surface area (Å²) in [6.07, 6.45) is 7.34. The minimum Gasteiger partial charge on any atom is -0.411 e. The highest BCUT2D eigenvalue weighted by Crippen LogP contribution is 2.25. The largest absolute Gasteiger partial charge is 0.411 e. The summed E-state index contributed by atoms with van der Waals surface area (Å²) in [5.41, 5.74) is 1.00. The molecule has 0 spiro atoms.